The minimum absolute atomic E-state index is 0.368. The number of hydrogen-bond donors (Lipinski definition) is 2. The van der Waals surface area contributed by atoms with Gasteiger partial charge in [0.15, 0.2) is 5.58 Å². The number of oxazole rings is 1. The lowest BCUT2D eigenvalue weighted by Crippen LogP contribution is -2.19. The number of anilines is 2. The average molecular weight is 364 g/mol. The molecule has 1 aromatic heterocycles. The van der Waals surface area contributed by atoms with E-state index in [4.69, 9.17) is 16.0 Å². The van der Waals surface area contributed by atoms with Gasteiger partial charge >= 0.3 is 6.03 Å². The maximum atomic E-state index is 12.1. The van der Waals surface area contributed by atoms with Gasteiger partial charge < -0.3 is 15.1 Å². The Kier molecular flexibility index (Phi) is 4.29. The van der Waals surface area contributed by atoms with Crippen LogP contribution in [-0.4, -0.2) is 11.0 Å². The molecule has 4 aromatic rings. The lowest BCUT2D eigenvalue weighted by atomic mass is 10.2. The van der Waals surface area contributed by atoms with Crippen molar-refractivity contribution in [3.05, 3.63) is 77.8 Å². The molecule has 0 aliphatic rings. The third-order valence-corrected chi connectivity index (χ3v) is 4.14. The van der Waals surface area contributed by atoms with E-state index in [1.54, 1.807) is 36.4 Å². The smallest absolute Gasteiger partial charge is 0.323 e. The standard InChI is InChI=1S/C20H14ClN3O2/c21-15-5-1-2-6-16(15)24-20(25)22-14-11-9-13(10-12-14)19-23-17-7-3-4-8-18(17)26-19/h1-12H,(H2,22,24,25). The molecule has 0 radical (unpaired) electrons. The van der Waals surface area contributed by atoms with Crippen LogP contribution < -0.4 is 10.6 Å². The van der Waals surface area contributed by atoms with E-state index in [1.165, 1.54) is 0 Å². The highest BCUT2D eigenvalue weighted by Crippen LogP contribution is 2.25. The lowest BCUT2D eigenvalue weighted by molar-refractivity contribution is 0.262. The van der Waals surface area contributed by atoms with E-state index in [0.717, 1.165) is 16.7 Å². The molecule has 128 valence electrons. The van der Waals surface area contributed by atoms with E-state index in [9.17, 15) is 4.79 Å². The van der Waals surface area contributed by atoms with Gasteiger partial charge in [-0.05, 0) is 48.5 Å². The summed E-state index contributed by atoms with van der Waals surface area (Å²) in [7, 11) is 0. The first-order valence-electron chi connectivity index (χ1n) is 7.97. The molecule has 0 atom stereocenters. The number of carbonyl (C=O) groups excluding carboxylic acids is 1. The number of fused-ring (bicyclic) bond motifs is 1. The van der Waals surface area contributed by atoms with Gasteiger partial charge in [-0.2, -0.15) is 0 Å². The normalized spacial score (nSPS) is 10.7. The van der Waals surface area contributed by atoms with Crippen molar-refractivity contribution in [2.45, 2.75) is 0 Å². The van der Waals surface area contributed by atoms with Crippen molar-refractivity contribution in [3.63, 3.8) is 0 Å². The Morgan fingerprint density at radius 1 is 0.885 bits per heavy atom. The zero-order valence-electron chi connectivity index (χ0n) is 13.6. The number of rotatable bonds is 3. The molecule has 26 heavy (non-hydrogen) atoms. The molecule has 0 fully saturated rings. The van der Waals surface area contributed by atoms with Crippen molar-refractivity contribution in [1.82, 2.24) is 4.98 Å². The van der Waals surface area contributed by atoms with E-state index in [2.05, 4.69) is 15.6 Å². The number of halogens is 1. The Morgan fingerprint density at radius 2 is 1.62 bits per heavy atom. The molecule has 0 saturated heterocycles. The maximum Gasteiger partial charge on any atom is 0.323 e. The van der Waals surface area contributed by atoms with Crippen molar-refractivity contribution in [1.29, 1.82) is 0 Å². The molecule has 3 aromatic carbocycles. The first kappa shape index (κ1) is 16.2. The maximum absolute atomic E-state index is 12.1. The highest BCUT2D eigenvalue weighted by atomic mass is 35.5. The van der Waals surface area contributed by atoms with Gasteiger partial charge in [0.2, 0.25) is 5.89 Å². The summed E-state index contributed by atoms with van der Waals surface area (Å²) in [4.78, 5) is 16.6. The summed E-state index contributed by atoms with van der Waals surface area (Å²) in [5.74, 6) is 0.540. The van der Waals surface area contributed by atoms with Crippen molar-refractivity contribution in [3.8, 4) is 11.5 Å². The monoisotopic (exact) mass is 363 g/mol. The SMILES string of the molecule is O=C(Nc1ccc(-c2nc3ccccc3o2)cc1)Nc1ccccc1Cl. The van der Waals surface area contributed by atoms with E-state index < -0.39 is 0 Å². The highest BCUT2D eigenvalue weighted by molar-refractivity contribution is 6.33. The molecule has 5 nitrogen and oxygen atoms in total. The summed E-state index contributed by atoms with van der Waals surface area (Å²) < 4.78 is 5.74. The fourth-order valence-electron chi connectivity index (χ4n) is 2.54. The fraction of sp³-hybridized carbons (Fsp3) is 0. The molecule has 0 bridgehead atoms. The molecule has 0 aliphatic heterocycles. The molecule has 2 N–H and O–H groups in total. The van der Waals surface area contributed by atoms with E-state index in [-0.39, 0.29) is 6.03 Å². The second kappa shape index (κ2) is 6.90. The van der Waals surface area contributed by atoms with Crippen LogP contribution in [0.15, 0.2) is 77.2 Å². The van der Waals surface area contributed by atoms with Crippen LogP contribution in [0, 0.1) is 0 Å². The topological polar surface area (TPSA) is 67.2 Å². The Labute approximate surface area is 154 Å². The van der Waals surface area contributed by atoms with Crippen LogP contribution in [0.25, 0.3) is 22.6 Å². The molecule has 0 saturated carbocycles. The van der Waals surface area contributed by atoms with Crippen molar-refractivity contribution in [2.75, 3.05) is 10.6 Å². The second-order valence-electron chi connectivity index (χ2n) is 5.62. The molecular weight excluding hydrogens is 350 g/mol. The summed E-state index contributed by atoms with van der Waals surface area (Å²) >= 11 is 6.03. The molecule has 2 amide bonds. The van der Waals surface area contributed by atoms with Crippen LogP contribution in [0.5, 0.6) is 0 Å². The van der Waals surface area contributed by atoms with E-state index in [1.807, 2.05) is 36.4 Å². The van der Waals surface area contributed by atoms with E-state index in [0.29, 0.717) is 22.3 Å². The van der Waals surface area contributed by atoms with Crippen LogP contribution >= 0.6 is 11.6 Å². The minimum atomic E-state index is -0.368. The fourth-order valence-corrected chi connectivity index (χ4v) is 2.72. The van der Waals surface area contributed by atoms with Crippen molar-refractivity contribution in [2.24, 2.45) is 0 Å². The number of nitrogens with zero attached hydrogens (tertiary/aromatic N) is 1. The van der Waals surface area contributed by atoms with Gasteiger partial charge in [-0.25, -0.2) is 9.78 Å². The highest BCUT2D eigenvalue weighted by Gasteiger charge is 2.09. The van der Waals surface area contributed by atoms with Crippen LogP contribution in [0.1, 0.15) is 0 Å². The third-order valence-electron chi connectivity index (χ3n) is 3.81. The van der Waals surface area contributed by atoms with Gasteiger partial charge in [0.25, 0.3) is 0 Å². The predicted molar refractivity (Wildman–Crippen MR) is 104 cm³/mol. The Bertz CT molecular complexity index is 1040. The predicted octanol–water partition coefficient (Wildman–Crippen LogP) is 5.79. The summed E-state index contributed by atoms with van der Waals surface area (Å²) in [6.45, 7) is 0. The van der Waals surface area contributed by atoms with Crippen LogP contribution in [-0.2, 0) is 0 Å². The number of para-hydroxylation sites is 3. The number of amides is 2. The molecule has 4 rings (SSSR count). The van der Waals surface area contributed by atoms with Gasteiger partial charge in [-0.1, -0.05) is 35.9 Å². The molecule has 6 heteroatoms. The number of carbonyl (C=O) groups is 1. The summed E-state index contributed by atoms with van der Waals surface area (Å²) in [5, 5.41) is 5.95. The van der Waals surface area contributed by atoms with Crippen LogP contribution in [0.4, 0.5) is 16.2 Å². The van der Waals surface area contributed by atoms with Gasteiger partial charge in [0, 0.05) is 11.3 Å². The van der Waals surface area contributed by atoms with Gasteiger partial charge in [0.1, 0.15) is 5.52 Å². The number of urea groups is 1. The zero-order chi connectivity index (χ0) is 17.9. The lowest BCUT2D eigenvalue weighted by Gasteiger charge is -2.09. The number of hydrogen-bond acceptors (Lipinski definition) is 3. The first-order chi connectivity index (χ1) is 12.7. The van der Waals surface area contributed by atoms with E-state index >= 15 is 0 Å². The van der Waals surface area contributed by atoms with Crippen LogP contribution in [0.2, 0.25) is 5.02 Å². The number of benzene rings is 3. The van der Waals surface area contributed by atoms with Gasteiger partial charge in [0.05, 0.1) is 10.7 Å². The largest absolute Gasteiger partial charge is 0.436 e. The molecule has 0 spiro atoms. The number of nitrogens with one attached hydrogen (secondary N) is 2. The first-order valence-corrected chi connectivity index (χ1v) is 8.35. The zero-order valence-corrected chi connectivity index (χ0v) is 14.3. The Balaban J connectivity index is 1.47. The Morgan fingerprint density at radius 3 is 2.38 bits per heavy atom. The molecular formula is C20H14ClN3O2. The summed E-state index contributed by atoms with van der Waals surface area (Å²) in [6, 6.07) is 21.5. The number of aromatic nitrogens is 1. The Hall–Kier alpha value is -3.31. The third kappa shape index (κ3) is 3.38. The molecule has 0 aliphatic carbocycles. The molecule has 1 heterocycles. The summed E-state index contributed by atoms with van der Waals surface area (Å²) in [5.41, 5.74) is 3.58. The quantitative estimate of drug-likeness (QED) is 0.484. The van der Waals surface area contributed by atoms with Crippen molar-refractivity contribution < 1.29 is 9.21 Å². The minimum Gasteiger partial charge on any atom is -0.436 e. The second-order valence-corrected chi connectivity index (χ2v) is 6.03. The van der Waals surface area contributed by atoms with Gasteiger partial charge in [-0.3, -0.25) is 0 Å². The van der Waals surface area contributed by atoms with Crippen LogP contribution in [0.3, 0.4) is 0 Å². The van der Waals surface area contributed by atoms with Gasteiger partial charge in [-0.15, -0.1) is 0 Å². The summed E-state index contributed by atoms with van der Waals surface area (Å²) in [6.07, 6.45) is 0. The van der Waals surface area contributed by atoms with Crippen molar-refractivity contribution >= 4 is 40.1 Å². The molecule has 0 unspecified atom stereocenters. The average Bonchev–Trinajstić information content (AvgIpc) is 3.08.